The zero-order chi connectivity index (χ0) is 18.5. The number of ether oxygens (including phenoxy) is 2. The van der Waals surface area contributed by atoms with Crippen molar-refractivity contribution in [2.45, 2.75) is 68.9 Å². The van der Waals surface area contributed by atoms with Crippen molar-refractivity contribution in [1.82, 2.24) is 0 Å². The first kappa shape index (κ1) is 20.7. The minimum atomic E-state index is -2.53. The van der Waals surface area contributed by atoms with E-state index in [-0.39, 0.29) is 6.42 Å². The lowest BCUT2D eigenvalue weighted by Crippen LogP contribution is -2.66. The highest BCUT2D eigenvalue weighted by Gasteiger charge is 2.56. The summed E-state index contributed by atoms with van der Waals surface area (Å²) < 4.78 is 10.1. The molecule has 3 unspecified atom stereocenters. The van der Waals surface area contributed by atoms with Gasteiger partial charge in [-0.3, -0.25) is 4.79 Å². The van der Waals surface area contributed by atoms with Gasteiger partial charge in [-0.2, -0.15) is 0 Å². The summed E-state index contributed by atoms with van der Waals surface area (Å²) in [6.45, 7) is 1.00. The van der Waals surface area contributed by atoms with Crippen LogP contribution in [0.5, 0.6) is 0 Å². The molecule has 0 aromatic carbocycles. The summed E-state index contributed by atoms with van der Waals surface area (Å²) in [5.74, 6) is -5.03. The molecule has 1 fully saturated rings. The third-order valence-electron chi connectivity index (χ3n) is 3.88. The average molecular weight is 351 g/mol. The van der Waals surface area contributed by atoms with E-state index in [4.69, 9.17) is 20.3 Å². The maximum Gasteiger partial charge on any atom is 0.377 e. The minimum Gasteiger partial charge on any atom is -0.476 e. The molecular formula is C14H25NO9. The van der Waals surface area contributed by atoms with Crippen molar-refractivity contribution in [3.05, 3.63) is 0 Å². The van der Waals surface area contributed by atoms with Gasteiger partial charge in [0.05, 0.1) is 25.2 Å². The lowest BCUT2D eigenvalue weighted by Gasteiger charge is -2.44. The largest absolute Gasteiger partial charge is 0.476 e. The van der Waals surface area contributed by atoms with E-state index in [0.717, 1.165) is 0 Å². The lowest BCUT2D eigenvalue weighted by molar-refractivity contribution is -0.299. The number of aliphatic carboxylic acids is 1. The quantitative estimate of drug-likeness (QED) is 0.260. The van der Waals surface area contributed by atoms with E-state index in [1.807, 2.05) is 6.92 Å². The number of carboxylic acid groups (broad SMARTS) is 1. The van der Waals surface area contributed by atoms with Crippen molar-refractivity contribution in [2.24, 2.45) is 5.73 Å². The smallest absolute Gasteiger partial charge is 0.377 e. The molecule has 0 radical (unpaired) electrons. The van der Waals surface area contributed by atoms with Crippen molar-refractivity contribution < 1.29 is 44.6 Å². The second-order valence-corrected chi connectivity index (χ2v) is 5.81. The third kappa shape index (κ3) is 4.62. The minimum absolute atomic E-state index is 0.0382. The summed E-state index contributed by atoms with van der Waals surface area (Å²) in [4.78, 5) is 23.4. The number of rotatable bonds is 8. The Kier molecular flexibility index (Phi) is 7.52. The molecule has 0 aliphatic carbocycles. The fraction of sp³-hybridized carbons (Fsp3) is 0.857. The van der Waals surface area contributed by atoms with Gasteiger partial charge in [0.25, 0.3) is 0 Å². The van der Waals surface area contributed by atoms with E-state index in [9.17, 15) is 30.0 Å². The standard InChI is InChI=1S/C14H25NO9/c1-2-3-4-9(19)23-14(13(21)22)5-7(17)10(15)12(24-14)11(20)8(18)6-16/h7-8,10-12,16-18,20H,2-6,15H2,1H3,(H,21,22)/t7-,8?,10+,11?,12+,14?/m0/s1. The number of nitrogens with two attached hydrogens (primary N) is 1. The SMILES string of the molecule is CCCCC(=O)OC1(C(=O)O)C[C@H](O)[C@@H](N)[C@H](C(O)C(O)CO)O1. The third-order valence-corrected chi connectivity index (χ3v) is 3.88. The molecule has 0 aromatic rings. The Morgan fingerprint density at radius 2 is 2.04 bits per heavy atom. The van der Waals surface area contributed by atoms with Crippen LogP contribution in [0.3, 0.4) is 0 Å². The molecule has 1 aliphatic rings. The predicted molar refractivity (Wildman–Crippen MR) is 78.6 cm³/mol. The van der Waals surface area contributed by atoms with Gasteiger partial charge in [-0.1, -0.05) is 13.3 Å². The van der Waals surface area contributed by atoms with E-state index >= 15 is 0 Å². The summed E-state index contributed by atoms with van der Waals surface area (Å²) in [5.41, 5.74) is 5.69. The van der Waals surface area contributed by atoms with Gasteiger partial charge >= 0.3 is 17.7 Å². The Hall–Kier alpha value is -1.30. The number of carbonyl (C=O) groups is 2. The molecule has 140 valence electrons. The highest BCUT2D eigenvalue weighted by atomic mass is 16.7. The van der Waals surface area contributed by atoms with E-state index in [0.29, 0.717) is 12.8 Å². The first-order valence-corrected chi connectivity index (χ1v) is 7.72. The first-order chi connectivity index (χ1) is 11.2. The van der Waals surface area contributed by atoms with Crippen LogP contribution in [0.2, 0.25) is 0 Å². The molecule has 0 amide bonds. The number of hydrogen-bond donors (Lipinski definition) is 6. The summed E-state index contributed by atoms with van der Waals surface area (Å²) in [6, 6.07) is -1.25. The molecule has 1 aliphatic heterocycles. The Balaban J connectivity index is 3.03. The van der Waals surface area contributed by atoms with E-state index < -0.39 is 61.2 Å². The Labute approximate surface area is 138 Å². The summed E-state index contributed by atoms with van der Waals surface area (Å²) in [6.07, 6.45) is -5.99. The maximum absolute atomic E-state index is 11.8. The van der Waals surface area contributed by atoms with Crippen LogP contribution in [0.4, 0.5) is 0 Å². The summed E-state index contributed by atoms with van der Waals surface area (Å²) >= 11 is 0. The zero-order valence-corrected chi connectivity index (χ0v) is 13.4. The molecule has 7 N–H and O–H groups in total. The molecule has 24 heavy (non-hydrogen) atoms. The Bertz CT molecular complexity index is 446. The number of hydrogen-bond acceptors (Lipinski definition) is 9. The van der Waals surface area contributed by atoms with Crippen LogP contribution in [0, 0.1) is 0 Å². The Morgan fingerprint density at radius 3 is 2.54 bits per heavy atom. The van der Waals surface area contributed by atoms with Crippen LogP contribution in [-0.2, 0) is 19.1 Å². The molecular weight excluding hydrogens is 326 g/mol. The molecule has 0 aromatic heterocycles. The van der Waals surface area contributed by atoms with Crippen LogP contribution in [0.25, 0.3) is 0 Å². The fourth-order valence-corrected chi connectivity index (χ4v) is 2.40. The van der Waals surface area contributed by atoms with Gasteiger partial charge in [0.15, 0.2) is 0 Å². The number of carboxylic acids is 1. The van der Waals surface area contributed by atoms with Crippen molar-refractivity contribution in [1.29, 1.82) is 0 Å². The van der Waals surface area contributed by atoms with Gasteiger partial charge in [-0.15, -0.1) is 0 Å². The Morgan fingerprint density at radius 1 is 1.42 bits per heavy atom. The van der Waals surface area contributed by atoms with Gasteiger partial charge in [0, 0.05) is 6.42 Å². The highest BCUT2D eigenvalue weighted by molar-refractivity contribution is 5.80. The van der Waals surface area contributed by atoms with Crippen molar-refractivity contribution in [3.63, 3.8) is 0 Å². The van der Waals surface area contributed by atoms with Gasteiger partial charge < -0.3 is 40.7 Å². The number of aliphatic hydroxyl groups excluding tert-OH is 4. The van der Waals surface area contributed by atoms with Crippen LogP contribution in [0.15, 0.2) is 0 Å². The maximum atomic E-state index is 11.8. The monoisotopic (exact) mass is 351 g/mol. The van der Waals surface area contributed by atoms with Gasteiger partial charge in [-0.25, -0.2) is 4.79 Å². The average Bonchev–Trinajstić information content (AvgIpc) is 2.54. The van der Waals surface area contributed by atoms with Gasteiger partial charge in [0.2, 0.25) is 0 Å². The molecule has 1 saturated heterocycles. The molecule has 6 atom stereocenters. The van der Waals surface area contributed by atoms with Crippen LogP contribution < -0.4 is 5.73 Å². The molecule has 10 heteroatoms. The molecule has 0 spiro atoms. The van der Waals surface area contributed by atoms with Crippen molar-refractivity contribution in [3.8, 4) is 0 Å². The fourth-order valence-electron chi connectivity index (χ4n) is 2.40. The number of unbranched alkanes of at least 4 members (excludes halogenated alkanes) is 1. The second-order valence-electron chi connectivity index (χ2n) is 5.81. The predicted octanol–water partition coefficient (Wildman–Crippen LogP) is -2.31. The molecule has 1 heterocycles. The normalized spacial score (nSPS) is 32.8. The number of carbonyl (C=O) groups excluding carboxylic acids is 1. The molecule has 10 nitrogen and oxygen atoms in total. The van der Waals surface area contributed by atoms with E-state index in [1.54, 1.807) is 0 Å². The lowest BCUT2D eigenvalue weighted by atomic mass is 9.89. The van der Waals surface area contributed by atoms with Gasteiger partial charge in [-0.05, 0) is 6.42 Å². The second kappa shape index (κ2) is 8.70. The van der Waals surface area contributed by atoms with Crippen molar-refractivity contribution in [2.75, 3.05) is 6.61 Å². The number of esters is 1. The first-order valence-electron chi connectivity index (χ1n) is 7.72. The van der Waals surface area contributed by atoms with Crippen LogP contribution >= 0.6 is 0 Å². The van der Waals surface area contributed by atoms with Crippen LogP contribution in [-0.4, -0.2) is 80.3 Å². The van der Waals surface area contributed by atoms with Crippen molar-refractivity contribution >= 4 is 11.9 Å². The zero-order valence-electron chi connectivity index (χ0n) is 13.4. The highest BCUT2D eigenvalue weighted by Crippen LogP contribution is 2.33. The molecule has 0 bridgehead atoms. The van der Waals surface area contributed by atoms with E-state index in [1.165, 1.54) is 0 Å². The molecule has 0 saturated carbocycles. The van der Waals surface area contributed by atoms with Gasteiger partial charge in [0.1, 0.15) is 18.3 Å². The topological polar surface area (TPSA) is 180 Å². The van der Waals surface area contributed by atoms with Crippen LogP contribution in [0.1, 0.15) is 32.6 Å². The summed E-state index contributed by atoms with van der Waals surface area (Å²) in [5, 5.41) is 47.8. The summed E-state index contributed by atoms with van der Waals surface area (Å²) in [7, 11) is 0. The molecule has 1 rings (SSSR count). The van der Waals surface area contributed by atoms with E-state index in [2.05, 4.69) is 0 Å². The number of aliphatic hydroxyl groups is 4.